The van der Waals surface area contributed by atoms with Gasteiger partial charge in [0, 0.05) is 11.5 Å². The molecule has 0 aliphatic carbocycles. The molecule has 1 unspecified atom stereocenters. The summed E-state index contributed by atoms with van der Waals surface area (Å²) >= 11 is 3.66. The van der Waals surface area contributed by atoms with Gasteiger partial charge in [0.2, 0.25) is 0 Å². The van der Waals surface area contributed by atoms with Gasteiger partial charge in [-0.15, -0.1) is 0 Å². The third-order valence-electron chi connectivity index (χ3n) is 6.32. The predicted octanol–water partition coefficient (Wildman–Crippen LogP) is 10.5. The zero-order valence-electron chi connectivity index (χ0n) is 22.9. The Morgan fingerprint density at radius 1 is 0.529 bits per heavy atom. The molecule has 0 spiro atoms. The highest BCUT2D eigenvalue weighted by molar-refractivity contribution is 7.99. The van der Waals surface area contributed by atoms with Crippen LogP contribution in [0, 0.1) is 0 Å². The van der Waals surface area contributed by atoms with Crippen LogP contribution in [0.1, 0.15) is 142 Å². The highest BCUT2D eigenvalue weighted by atomic mass is 32.2. The molecule has 6 heteroatoms. The Morgan fingerprint density at radius 3 is 1.29 bits per heavy atom. The second kappa shape index (κ2) is 28.4. The van der Waals surface area contributed by atoms with E-state index in [9.17, 15) is 9.46 Å². The summed E-state index contributed by atoms with van der Waals surface area (Å²) in [4.78, 5) is 9.99. The summed E-state index contributed by atoms with van der Waals surface area (Å²) in [7, 11) is -3.39. The summed E-state index contributed by atoms with van der Waals surface area (Å²) in [5.41, 5.74) is 0. The molecule has 0 heterocycles. The van der Waals surface area contributed by atoms with E-state index in [2.05, 4.69) is 13.8 Å². The van der Waals surface area contributed by atoms with Gasteiger partial charge < -0.3 is 9.42 Å². The van der Waals surface area contributed by atoms with Crippen LogP contribution in [0.2, 0.25) is 0 Å². The van der Waals surface area contributed by atoms with Crippen molar-refractivity contribution in [3.8, 4) is 0 Å². The molecule has 34 heavy (non-hydrogen) atoms. The maximum atomic E-state index is 12.1. The van der Waals surface area contributed by atoms with Crippen molar-refractivity contribution in [2.75, 3.05) is 35.8 Å². The minimum absolute atomic E-state index is 0.290. The first-order valence-electron chi connectivity index (χ1n) is 14.7. The van der Waals surface area contributed by atoms with Crippen molar-refractivity contribution in [3.05, 3.63) is 0 Å². The van der Waals surface area contributed by atoms with E-state index in [1.807, 2.05) is 11.8 Å². The van der Waals surface area contributed by atoms with Gasteiger partial charge in [0.15, 0.2) is 0 Å². The molecule has 0 aliphatic rings. The number of unbranched alkanes of at least 4 members (excludes halogenated alkanes) is 18. The molecule has 0 amide bonds. The Morgan fingerprint density at radius 2 is 0.882 bits per heavy atom. The molecule has 1 atom stereocenters. The Hall–Kier alpha value is 0.850. The second-order valence-corrected chi connectivity index (χ2v) is 14.2. The molecule has 0 aliphatic heterocycles. The molecular formula is C28H59O3PS2. The molecule has 3 nitrogen and oxygen atoms in total. The second-order valence-electron chi connectivity index (χ2n) is 9.78. The number of hydrogen-bond donors (Lipinski definition) is 1. The first kappa shape index (κ1) is 34.9. The lowest BCUT2D eigenvalue weighted by atomic mass is 10.1. The van der Waals surface area contributed by atoms with Crippen LogP contribution in [-0.4, -0.2) is 40.7 Å². The fourth-order valence-corrected chi connectivity index (χ4v) is 7.56. The van der Waals surface area contributed by atoms with E-state index in [0.717, 1.165) is 23.0 Å². The van der Waals surface area contributed by atoms with E-state index < -0.39 is 7.60 Å². The largest absolute Gasteiger partial charge is 0.328 e. The fourth-order valence-electron chi connectivity index (χ4n) is 4.07. The van der Waals surface area contributed by atoms with Crippen molar-refractivity contribution >= 4 is 31.1 Å². The van der Waals surface area contributed by atoms with Crippen molar-refractivity contribution in [1.29, 1.82) is 0 Å². The van der Waals surface area contributed by atoms with Gasteiger partial charge in [0.25, 0.3) is 0 Å². The molecule has 0 radical (unpaired) electrons. The van der Waals surface area contributed by atoms with Crippen LogP contribution in [0.15, 0.2) is 0 Å². The molecule has 0 aromatic rings. The van der Waals surface area contributed by atoms with Gasteiger partial charge in [0.05, 0.1) is 12.8 Å². The minimum Gasteiger partial charge on any atom is -0.324 e. The van der Waals surface area contributed by atoms with E-state index in [-0.39, 0.29) is 0 Å². The van der Waals surface area contributed by atoms with Gasteiger partial charge in [-0.05, 0) is 24.3 Å². The van der Waals surface area contributed by atoms with Crippen molar-refractivity contribution in [2.45, 2.75) is 142 Å². The summed E-state index contributed by atoms with van der Waals surface area (Å²) < 4.78 is 17.5. The van der Waals surface area contributed by atoms with Gasteiger partial charge in [-0.2, -0.15) is 23.5 Å². The quantitative estimate of drug-likeness (QED) is 0.0758. The zero-order valence-corrected chi connectivity index (χ0v) is 25.4. The van der Waals surface area contributed by atoms with Crippen molar-refractivity contribution in [2.24, 2.45) is 0 Å². The molecular weight excluding hydrogens is 479 g/mol. The van der Waals surface area contributed by atoms with Crippen LogP contribution in [0.25, 0.3) is 0 Å². The Kier molecular flexibility index (Phi) is 29.1. The third kappa shape index (κ3) is 29.1. The normalized spacial score (nSPS) is 13.4. The lowest BCUT2D eigenvalue weighted by Crippen LogP contribution is -2.01. The van der Waals surface area contributed by atoms with Crippen LogP contribution in [0.3, 0.4) is 0 Å². The van der Waals surface area contributed by atoms with Crippen LogP contribution in [-0.2, 0) is 9.09 Å². The highest BCUT2D eigenvalue weighted by Gasteiger charge is 2.18. The van der Waals surface area contributed by atoms with E-state index in [1.165, 1.54) is 128 Å². The van der Waals surface area contributed by atoms with Crippen LogP contribution >= 0.6 is 31.1 Å². The molecule has 0 saturated carbocycles. The molecule has 0 fully saturated rings. The van der Waals surface area contributed by atoms with Crippen LogP contribution < -0.4 is 0 Å². The van der Waals surface area contributed by atoms with E-state index in [1.54, 1.807) is 11.8 Å². The SMILES string of the molecule is CCCCCCCCCCCCSCCOP(=O)(O)CCSCCCCCCCCCCCC. The molecule has 0 aromatic carbocycles. The maximum absolute atomic E-state index is 12.1. The summed E-state index contributed by atoms with van der Waals surface area (Å²) in [5, 5.41) is 0. The standard InChI is InChI=1S/C28H59O3PS2/c1-3-5-7-9-11-13-15-17-19-21-25-33-27-23-31-32(29,30)24-28-34-26-22-20-18-16-14-12-10-8-6-4-2/h3-28H2,1-2H3,(H,29,30). The summed E-state index contributed by atoms with van der Waals surface area (Å²) in [6, 6.07) is 0. The van der Waals surface area contributed by atoms with Crippen molar-refractivity contribution in [3.63, 3.8) is 0 Å². The van der Waals surface area contributed by atoms with Crippen molar-refractivity contribution in [1.82, 2.24) is 0 Å². The summed E-state index contributed by atoms with van der Waals surface area (Å²) in [6.07, 6.45) is 27.5. The van der Waals surface area contributed by atoms with Gasteiger partial charge in [-0.25, -0.2) is 0 Å². The van der Waals surface area contributed by atoms with Gasteiger partial charge in [-0.3, -0.25) is 4.57 Å². The molecule has 206 valence electrons. The van der Waals surface area contributed by atoms with Crippen LogP contribution in [0.4, 0.5) is 0 Å². The number of rotatable bonds is 29. The van der Waals surface area contributed by atoms with E-state index in [0.29, 0.717) is 12.8 Å². The third-order valence-corrected chi connectivity index (χ3v) is 10.1. The lowest BCUT2D eigenvalue weighted by Gasteiger charge is -2.12. The Balaban J connectivity index is 3.29. The predicted molar refractivity (Wildman–Crippen MR) is 159 cm³/mol. The molecule has 0 saturated heterocycles. The molecule has 0 bridgehead atoms. The molecule has 0 aromatic heterocycles. The first-order valence-corrected chi connectivity index (χ1v) is 18.8. The summed E-state index contributed by atoms with van der Waals surface area (Å²) in [5.74, 6) is 3.81. The number of hydrogen-bond acceptors (Lipinski definition) is 4. The Labute approximate surface area is 222 Å². The van der Waals surface area contributed by atoms with Gasteiger partial charge >= 0.3 is 7.60 Å². The smallest absolute Gasteiger partial charge is 0.324 e. The highest BCUT2D eigenvalue weighted by Crippen LogP contribution is 2.42. The average molecular weight is 539 g/mol. The Bertz CT molecular complexity index is 438. The zero-order chi connectivity index (χ0) is 25.0. The van der Waals surface area contributed by atoms with E-state index >= 15 is 0 Å². The average Bonchev–Trinajstić information content (AvgIpc) is 2.82. The number of thioether (sulfide) groups is 2. The van der Waals surface area contributed by atoms with Gasteiger partial charge in [0.1, 0.15) is 0 Å². The topological polar surface area (TPSA) is 46.5 Å². The van der Waals surface area contributed by atoms with Crippen LogP contribution in [0.5, 0.6) is 0 Å². The fraction of sp³-hybridized carbons (Fsp3) is 1.00. The van der Waals surface area contributed by atoms with Gasteiger partial charge in [-0.1, -0.05) is 129 Å². The first-order chi connectivity index (χ1) is 16.6. The lowest BCUT2D eigenvalue weighted by molar-refractivity contribution is 0.277. The maximum Gasteiger partial charge on any atom is 0.328 e. The monoisotopic (exact) mass is 538 g/mol. The minimum atomic E-state index is -3.39. The van der Waals surface area contributed by atoms with Crippen molar-refractivity contribution < 1.29 is 14.0 Å². The summed E-state index contributed by atoms with van der Waals surface area (Å²) in [6.45, 7) is 4.94. The van der Waals surface area contributed by atoms with E-state index in [4.69, 9.17) is 4.52 Å². The molecule has 0 rings (SSSR count). The molecule has 1 N–H and O–H groups in total.